The van der Waals surface area contributed by atoms with Gasteiger partial charge in [-0.2, -0.15) is 0 Å². The van der Waals surface area contributed by atoms with Crippen LogP contribution in [-0.4, -0.2) is 0 Å². The molecule has 72 heavy (non-hydrogen) atoms. The monoisotopic (exact) mass is 934 g/mol. The maximum atomic E-state index is 6.19. The molecule has 0 aliphatic heterocycles. The number of nitrogen functional groups attached to an aromatic ring is 1. The van der Waals surface area contributed by atoms with Crippen LogP contribution in [0, 0.1) is 0 Å². The Bertz CT molecular complexity index is 3580. The molecule has 0 radical (unpaired) electrons. The van der Waals surface area contributed by atoms with Crippen LogP contribution in [0.3, 0.4) is 0 Å². The fourth-order valence-electron chi connectivity index (χ4n) is 8.47. The van der Waals surface area contributed by atoms with Gasteiger partial charge < -0.3 is 20.2 Å². The summed E-state index contributed by atoms with van der Waals surface area (Å²) < 4.78 is 11.8. The van der Waals surface area contributed by atoms with Crippen molar-refractivity contribution in [1.29, 1.82) is 0 Å². The number of allylic oxidation sites excluding steroid dienone is 12. The zero-order valence-corrected chi connectivity index (χ0v) is 40.9. The van der Waals surface area contributed by atoms with Gasteiger partial charge in [0.15, 0.2) is 0 Å². The molecule has 0 aliphatic rings. The molecular formula is C68H58N2O2. The van der Waals surface area contributed by atoms with Crippen LogP contribution >= 0.6 is 0 Å². The lowest BCUT2D eigenvalue weighted by molar-refractivity contribution is 0.482. The van der Waals surface area contributed by atoms with Gasteiger partial charge in [-0.3, -0.25) is 0 Å². The highest BCUT2D eigenvalue weighted by Crippen LogP contribution is 2.36. The Morgan fingerprint density at radius 3 is 1.79 bits per heavy atom. The van der Waals surface area contributed by atoms with E-state index in [4.69, 9.17) is 14.9 Å². The molecule has 0 spiro atoms. The molecule has 0 saturated heterocycles. The molecule has 0 saturated carbocycles. The van der Waals surface area contributed by atoms with Crippen molar-refractivity contribution >= 4 is 61.8 Å². The Labute approximate surface area is 424 Å². The van der Waals surface area contributed by atoms with E-state index in [2.05, 4.69) is 195 Å². The lowest BCUT2D eigenvalue weighted by Gasteiger charge is -2.14. The average molecular weight is 935 g/mol. The van der Waals surface area contributed by atoms with Gasteiger partial charge in [0.2, 0.25) is 0 Å². The van der Waals surface area contributed by atoms with E-state index >= 15 is 0 Å². The number of ether oxygens (including phenoxy) is 1. The summed E-state index contributed by atoms with van der Waals surface area (Å²) in [5.74, 6) is 0.717. The van der Waals surface area contributed by atoms with Crippen LogP contribution in [0.4, 0.5) is 17.1 Å². The minimum absolute atomic E-state index is 0.717. The van der Waals surface area contributed by atoms with Crippen LogP contribution in [0.1, 0.15) is 36.1 Å². The predicted molar refractivity (Wildman–Crippen MR) is 311 cm³/mol. The number of fused-ring (bicyclic) bond motifs is 3. The number of hydrogen-bond acceptors (Lipinski definition) is 4. The molecule has 0 atom stereocenters. The standard InChI is InChI=1S/C62H51NO2.C6H7N/c1-7-20-47(49-23-18-25-51(40-49)55-28-11-10-22-46(55)35-34-43(4)54-27-13-16-32-60(54)64-9-3)38-44(5)45(6)39-48(21-8-2)50-24-19-26-52(41-50)56-29-12-15-31-59(56)63-53-36-37-58-57-30-14-17-33-61(57)65-62(58)42-53;7-6-4-2-1-3-5-6/h7-42,63H,3-6H2,1-2H3;1-5H,7H2/b20-7-,21-8-,35-34-,47-38+,48-39+;. The van der Waals surface area contributed by atoms with Gasteiger partial charge in [-0.1, -0.05) is 196 Å². The van der Waals surface area contributed by atoms with Gasteiger partial charge >= 0.3 is 0 Å². The summed E-state index contributed by atoms with van der Waals surface area (Å²) in [7, 11) is 0. The van der Waals surface area contributed by atoms with Crippen molar-refractivity contribution in [2.24, 2.45) is 0 Å². The van der Waals surface area contributed by atoms with Gasteiger partial charge in [-0.25, -0.2) is 0 Å². The van der Waals surface area contributed by atoms with Gasteiger partial charge in [0.25, 0.3) is 0 Å². The number of nitrogens with one attached hydrogen (secondary N) is 1. The van der Waals surface area contributed by atoms with E-state index in [1.807, 2.05) is 92.7 Å². The Balaban J connectivity index is 0.000000912. The third-order valence-corrected chi connectivity index (χ3v) is 12.0. The zero-order valence-electron chi connectivity index (χ0n) is 40.9. The van der Waals surface area contributed by atoms with Gasteiger partial charge in [0.1, 0.15) is 16.9 Å². The number of hydrogen-bond donors (Lipinski definition) is 2. The largest absolute Gasteiger partial charge is 0.465 e. The van der Waals surface area contributed by atoms with Crippen molar-refractivity contribution in [3.8, 4) is 28.0 Å². The van der Waals surface area contributed by atoms with Crippen molar-refractivity contribution in [1.82, 2.24) is 0 Å². The van der Waals surface area contributed by atoms with E-state index in [0.29, 0.717) is 5.75 Å². The van der Waals surface area contributed by atoms with E-state index in [-0.39, 0.29) is 0 Å². The van der Waals surface area contributed by atoms with Crippen LogP contribution in [0.5, 0.6) is 5.75 Å². The van der Waals surface area contributed by atoms with E-state index in [1.165, 1.54) is 6.26 Å². The van der Waals surface area contributed by atoms with Crippen molar-refractivity contribution in [2.45, 2.75) is 13.8 Å². The normalized spacial score (nSPS) is 11.8. The molecule has 8 aromatic carbocycles. The second-order valence-corrected chi connectivity index (χ2v) is 17.0. The minimum Gasteiger partial charge on any atom is -0.465 e. The molecule has 0 unspecified atom stereocenters. The molecule has 9 rings (SSSR count). The highest BCUT2D eigenvalue weighted by Gasteiger charge is 2.12. The van der Waals surface area contributed by atoms with E-state index in [1.54, 1.807) is 0 Å². The molecule has 0 fully saturated rings. The highest BCUT2D eigenvalue weighted by atomic mass is 16.5. The second kappa shape index (κ2) is 23.8. The van der Waals surface area contributed by atoms with Crippen LogP contribution in [0.2, 0.25) is 0 Å². The van der Waals surface area contributed by atoms with Crippen LogP contribution < -0.4 is 15.8 Å². The van der Waals surface area contributed by atoms with E-state index in [9.17, 15) is 0 Å². The number of nitrogens with two attached hydrogens (primary N) is 1. The van der Waals surface area contributed by atoms with Crippen molar-refractivity contribution in [3.05, 3.63) is 303 Å². The molecule has 4 nitrogen and oxygen atoms in total. The van der Waals surface area contributed by atoms with Gasteiger partial charge in [-0.15, -0.1) is 0 Å². The average Bonchev–Trinajstić information content (AvgIpc) is 3.79. The molecule has 352 valence electrons. The maximum absolute atomic E-state index is 6.19. The summed E-state index contributed by atoms with van der Waals surface area (Å²) in [5, 5.41) is 5.89. The van der Waals surface area contributed by atoms with Crippen LogP contribution in [0.25, 0.3) is 67.0 Å². The lowest BCUT2D eigenvalue weighted by atomic mass is 9.93. The second-order valence-electron chi connectivity index (χ2n) is 17.0. The fourth-order valence-corrected chi connectivity index (χ4v) is 8.47. The fraction of sp³-hybridized carbons (Fsp3) is 0.0294. The molecule has 0 aliphatic carbocycles. The molecule has 9 aromatic rings. The van der Waals surface area contributed by atoms with Crippen molar-refractivity contribution in [3.63, 3.8) is 0 Å². The lowest BCUT2D eigenvalue weighted by Crippen LogP contribution is -1.94. The smallest absolute Gasteiger partial charge is 0.137 e. The first-order chi connectivity index (χ1) is 35.2. The van der Waals surface area contributed by atoms with E-state index < -0.39 is 0 Å². The Kier molecular flexibility index (Phi) is 16.2. The Morgan fingerprint density at radius 2 is 1.12 bits per heavy atom. The van der Waals surface area contributed by atoms with E-state index in [0.717, 1.165) is 111 Å². The first-order valence-corrected chi connectivity index (χ1v) is 23.9. The molecule has 1 heterocycles. The molecule has 4 heteroatoms. The number of para-hydroxylation sites is 4. The molecule has 1 aromatic heterocycles. The molecule has 3 N–H and O–H groups in total. The first kappa shape index (κ1) is 49.1. The minimum atomic E-state index is 0.717. The zero-order chi connectivity index (χ0) is 50.2. The summed E-state index contributed by atoms with van der Waals surface area (Å²) >= 11 is 0. The SMILES string of the molecule is C=COc1ccccc1C(=C)/C=C\c1ccccc1-c1cccc(C(/C=C\C)=C/C(=C)C(=C)/C=C(\C=C/C)c2cccc(-c3ccccc3Nc3ccc4c(c3)oc3ccccc34)c2)c1.Nc1ccccc1. The molecule has 0 bridgehead atoms. The van der Waals surface area contributed by atoms with Crippen LogP contribution in [0.15, 0.2) is 285 Å². The topological polar surface area (TPSA) is 60.4 Å². The number of rotatable bonds is 16. The Hall–Kier alpha value is -9.38. The predicted octanol–water partition coefficient (Wildman–Crippen LogP) is 18.9. The summed E-state index contributed by atoms with van der Waals surface area (Å²) in [6.07, 6.45) is 18.2. The molecular weight excluding hydrogens is 877 g/mol. The maximum Gasteiger partial charge on any atom is 0.137 e. The van der Waals surface area contributed by atoms with Gasteiger partial charge in [0.05, 0.1) is 6.26 Å². The Morgan fingerprint density at radius 1 is 0.542 bits per heavy atom. The summed E-state index contributed by atoms with van der Waals surface area (Å²) in [6.45, 7) is 21.1. The number of anilines is 3. The van der Waals surface area contributed by atoms with Crippen LogP contribution in [-0.2, 0) is 0 Å². The third-order valence-electron chi connectivity index (χ3n) is 12.0. The highest BCUT2D eigenvalue weighted by molar-refractivity contribution is 6.06. The summed E-state index contributed by atoms with van der Waals surface area (Å²) in [4.78, 5) is 0. The molecule has 0 amide bonds. The van der Waals surface area contributed by atoms with Gasteiger partial charge in [-0.05, 0) is 142 Å². The summed E-state index contributed by atoms with van der Waals surface area (Å²) in [5.41, 5.74) is 23.0. The summed E-state index contributed by atoms with van der Waals surface area (Å²) in [6, 6.07) is 65.8. The quantitative estimate of drug-likeness (QED) is 0.0576. The van der Waals surface area contributed by atoms with Crippen molar-refractivity contribution in [2.75, 3.05) is 11.1 Å². The number of benzene rings is 8. The van der Waals surface area contributed by atoms with Gasteiger partial charge in [0, 0.05) is 45.0 Å². The first-order valence-electron chi connectivity index (χ1n) is 23.9. The third kappa shape index (κ3) is 12.1. The number of furan rings is 1. The van der Waals surface area contributed by atoms with Crippen molar-refractivity contribution < 1.29 is 9.15 Å².